The summed E-state index contributed by atoms with van der Waals surface area (Å²) in [5.74, 6) is 0.414. The minimum atomic E-state index is -0.234. The molecule has 5 heteroatoms. The first kappa shape index (κ1) is 14.7. The van der Waals surface area contributed by atoms with Gasteiger partial charge in [0, 0.05) is 30.5 Å². The molecule has 18 heavy (non-hydrogen) atoms. The maximum absolute atomic E-state index is 12.2. The summed E-state index contributed by atoms with van der Waals surface area (Å²) in [6.45, 7) is 8.68. The van der Waals surface area contributed by atoms with Gasteiger partial charge in [-0.05, 0) is 40.5 Å². The molecule has 0 fully saturated rings. The van der Waals surface area contributed by atoms with Crippen LogP contribution < -0.4 is 16.6 Å². The van der Waals surface area contributed by atoms with Crippen molar-refractivity contribution in [3.05, 3.63) is 22.7 Å². The molecule has 0 spiro atoms. The fourth-order valence-electron chi connectivity index (χ4n) is 1.69. The summed E-state index contributed by atoms with van der Waals surface area (Å²) >= 11 is 0. The third-order valence-electron chi connectivity index (χ3n) is 2.69. The Morgan fingerprint density at radius 1 is 1.50 bits per heavy atom. The number of nitrogens with zero attached hydrogens (tertiary/aromatic N) is 2. The van der Waals surface area contributed by atoms with Crippen molar-refractivity contribution in [2.45, 2.75) is 52.1 Å². The van der Waals surface area contributed by atoms with Crippen molar-refractivity contribution >= 4 is 5.82 Å². The molecule has 0 saturated heterocycles. The van der Waals surface area contributed by atoms with Gasteiger partial charge < -0.3 is 15.6 Å². The number of hydrogen-bond acceptors (Lipinski definition) is 4. The Morgan fingerprint density at radius 2 is 2.17 bits per heavy atom. The highest BCUT2D eigenvalue weighted by molar-refractivity contribution is 5.30. The zero-order chi connectivity index (χ0) is 13.8. The number of rotatable bonds is 5. The van der Waals surface area contributed by atoms with E-state index in [0.717, 1.165) is 19.4 Å². The van der Waals surface area contributed by atoms with Gasteiger partial charge in [0.1, 0.15) is 0 Å². The molecule has 1 rings (SSSR count). The molecule has 0 aliphatic rings. The van der Waals surface area contributed by atoms with Crippen molar-refractivity contribution < 1.29 is 0 Å². The van der Waals surface area contributed by atoms with Gasteiger partial charge in [-0.25, -0.2) is 4.98 Å². The molecule has 0 aliphatic carbocycles. The lowest BCUT2D eigenvalue weighted by molar-refractivity contribution is 0.383. The number of anilines is 1. The monoisotopic (exact) mass is 252 g/mol. The van der Waals surface area contributed by atoms with Gasteiger partial charge in [0.2, 0.25) is 0 Å². The molecule has 1 unspecified atom stereocenters. The number of nitrogens with two attached hydrogens (primary N) is 1. The smallest absolute Gasteiger partial charge is 0.293 e. The highest BCUT2D eigenvalue weighted by Gasteiger charge is 2.16. The van der Waals surface area contributed by atoms with E-state index in [4.69, 9.17) is 5.73 Å². The highest BCUT2D eigenvalue weighted by atomic mass is 16.1. The van der Waals surface area contributed by atoms with Crippen molar-refractivity contribution in [3.8, 4) is 0 Å². The minimum absolute atomic E-state index is 0.0780. The molecule has 0 aliphatic heterocycles. The summed E-state index contributed by atoms with van der Waals surface area (Å²) in [5, 5.41) is 3.08. The standard InChI is InChI=1S/C13H24N4O/c1-10(14)6-5-7-15-11-12(18)17(9-8-16-11)13(2,3)4/h8-10H,5-7,14H2,1-4H3,(H,15,16). The predicted octanol–water partition coefficient (Wildman–Crippen LogP) is 1.54. The molecule has 5 nitrogen and oxygen atoms in total. The lowest BCUT2D eigenvalue weighted by atomic mass is 10.1. The molecule has 0 aromatic carbocycles. The van der Waals surface area contributed by atoms with Crippen molar-refractivity contribution in [1.29, 1.82) is 0 Å². The Kier molecular flexibility index (Phi) is 4.90. The molecule has 1 heterocycles. The molecular formula is C13H24N4O. The van der Waals surface area contributed by atoms with Gasteiger partial charge in [0.25, 0.3) is 5.56 Å². The van der Waals surface area contributed by atoms with Crippen LogP contribution in [0.4, 0.5) is 5.82 Å². The summed E-state index contributed by atoms with van der Waals surface area (Å²) in [6.07, 6.45) is 5.24. The molecule has 1 aromatic rings. The lowest BCUT2D eigenvalue weighted by Crippen LogP contribution is -2.35. The second kappa shape index (κ2) is 6.00. The van der Waals surface area contributed by atoms with Gasteiger partial charge in [-0.1, -0.05) is 0 Å². The van der Waals surface area contributed by atoms with Gasteiger partial charge in [-0.2, -0.15) is 0 Å². The summed E-state index contributed by atoms with van der Waals surface area (Å²) in [4.78, 5) is 16.3. The van der Waals surface area contributed by atoms with E-state index < -0.39 is 0 Å². The first-order valence-corrected chi connectivity index (χ1v) is 6.40. The topological polar surface area (TPSA) is 72.9 Å². The van der Waals surface area contributed by atoms with E-state index in [9.17, 15) is 4.79 Å². The fraction of sp³-hybridized carbons (Fsp3) is 0.692. The highest BCUT2D eigenvalue weighted by Crippen LogP contribution is 2.10. The summed E-state index contributed by atoms with van der Waals surface area (Å²) in [5.41, 5.74) is 5.36. The van der Waals surface area contributed by atoms with Crippen LogP contribution in [0.2, 0.25) is 0 Å². The lowest BCUT2D eigenvalue weighted by Gasteiger charge is -2.22. The van der Waals surface area contributed by atoms with Gasteiger partial charge in [0.15, 0.2) is 5.82 Å². The van der Waals surface area contributed by atoms with Gasteiger partial charge in [0.05, 0.1) is 0 Å². The van der Waals surface area contributed by atoms with Crippen LogP contribution in [0, 0.1) is 0 Å². The van der Waals surface area contributed by atoms with E-state index in [1.54, 1.807) is 17.0 Å². The Bertz CT molecular complexity index is 431. The van der Waals surface area contributed by atoms with Gasteiger partial charge in [-0.15, -0.1) is 0 Å². The minimum Gasteiger partial charge on any atom is -0.365 e. The molecule has 1 atom stereocenters. The van der Waals surface area contributed by atoms with Crippen LogP contribution in [0.25, 0.3) is 0 Å². The fourth-order valence-corrected chi connectivity index (χ4v) is 1.69. The quantitative estimate of drug-likeness (QED) is 0.780. The van der Waals surface area contributed by atoms with Crippen LogP contribution >= 0.6 is 0 Å². The van der Waals surface area contributed by atoms with Crippen LogP contribution in [0.1, 0.15) is 40.5 Å². The summed E-state index contributed by atoms with van der Waals surface area (Å²) in [6, 6.07) is 0.196. The van der Waals surface area contributed by atoms with Crippen LogP contribution in [0.15, 0.2) is 17.2 Å². The average Bonchev–Trinajstić information content (AvgIpc) is 2.24. The second-order valence-corrected chi connectivity index (χ2v) is 5.67. The number of nitrogens with one attached hydrogen (secondary N) is 1. The van der Waals surface area contributed by atoms with Crippen LogP contribution in [-0.2, 0) is 5.54 Å². The molecule has 0 radical (unpaired) electrons. The molecule has 0 amide bonds. The second-order valence-electron chi connectivity index (χ2n) is 5.67. The zero-order valence-electron chi connectivity index (χ0n) is 11.7. The summed E-state index contributed by atoms with van der Waals surface area (Å²) < 4.78 is 1.69. The van der Waals surface area contributed by atoms with Gasteiger partial charge in [-0.3, -0.25) is 4.79 Å². The largest absolute Gasteiger partial charge is 0.365 e. The maximum Gasteiger partial charge on any atom is 0.293 e. The van der Waals surface area contributed by atoms with Gasteiger partial charge >= 0.3 is 0 Å². The van der Waals surface area contributed by atoms with Crippen molar-refractivity contribution in [3.63, 3.8) is 0 Å². The van der Waals surface area contributed by atoms with E-state index in [1.165, 1.54) is 0 Å². The SMILES string of the molecule is CC(N)CCCNc1nccn(C(C)(C)C)c1=O. The van der Waals surface area contributed by atoms with Crippen LogP contribution in [0.5, 0.6) is 0 Å². The third kappa shape index (κ3) is 4.14. The Labute approximate surface area is 108 Å². The number of aromatic nitrogens is 2. The number of hydrogen-bond donors (Lipinski definition) is 2. The third-order valence-corrected chi connectivity index (χ3v) is 2.69. The molecule has 1 aromatic heterocycles. The molecule has 3 N–H and O–H groups in total. The maximum atomic E-state index is 12.2. The van der Waals surface area contributed by atoms with E-state index >= 15 is 0 Å². The molecular weight excluding hydrogens is 228 g/mol. The van der Waals surface area contributed by atoms with E-state index in [1.807, 2.05) is 27.7 Å². The zero-order valence-corrected chi connectivity index (χ0v) is 11.7. The summed E-state index contributed by atoms with van der Waals surface area (Å²) in [7, 11) is 0. The van der Waals surface area contributed by atoms with E-state index in [0.29, 0.717) is 5.82 Å². The van der Waals surface area contributed by atoms with E-state index in [2.05, 4.69) is 10.3 Å². The normalized spacial score (nSPS) is 13.4. The van der Waals surface area contributed by atoms with Crippen molar-refractivity contribution in [1.82, 2.24) is 9.55 Å². The molecule has 0 bridgehead atoms. The average molecular weight is 252 g/mol. The Hall–Kier alpha value is -1.36. The first-order valence-electron chi connectivity index (χ1n) is 6.40. The van der Waals surface area contributed by atoms with Crippen LogP contribution in [-0.4, -0.2) is 22.1 Å². The Morgan fingerprint density at radius 3 is 2.72 bits per heavy atom. The van der Waals surface area contributed by atoms with Crippen molar-refractivity contribution in [2.24, 2.45) is 5.73 Å². The Balaban J connectivity index is 2.71. The molecule has 102 valence electrons. The first-order chi connectivity index (χ1) is 8.32. The molecule has 0 saturated carbocycles. The van der Waals surface area contributed by atoms with E-state index in [-0.39, 0.29) is 17.1 Å². The van der Waals surface area contributed by atoms with Crippen LogP contribution in [0.3, 0.4) is 0 Å². The predicted molar refractivity (Wildman–Crippen MR) is 74.9 cm³/mol. The van der Waals surface area contributed by atoms with Crippen molar-refractivity contribution in [2.75, 3.05) is 11.9 Å².